The standard InChI is InChI=1S/C15H26N2/c1-4-17-12(2)10-14(13(17)3)11-16-15-8-6-5-7-9-15/h10,15-16H,4-9,11H2,1-3H3. The fourth-order valence-corrected chi connectivity index (χ4v) is 3.10. The van der Waals surface area contributed by atoms with Gasteiger partial charge in [-0.05, 0) is 45.2 Å². The maximum absolute atomic E-state index is 3.73. The molecule has 96 valence electrons. The normalized spacial score (nSPS) is 17.6. The topological polar surface area (TPSA) is 17.0 Å². The largest absolute Gasteiger partial charge is 0.349 e. The highest BCUT2D eigenvalue weighted by molar-refractivity contribution is 5.26. The predicted octanol–water partition coefficient (Wildman–Crippen LogP) is 3.55. The van der Waals surface area contributed by atoms with Crippen LogP contribution in [0.2, 0.25) is 0 Å². The van der Waals surface area contributed by atoms with Crippen LogP contribution >= 0.6 is 0 Å². The third kappa shape index (κ3) is 2.92. The van der Waals surface area contributed by atoms with E-state index in [0.717, 1.165) is 19.1 Å². The molecule has 0 aromatic carbocycles. The van der Waals surface area contributed by atoms with Crippen LogP contribution in [0.4, 0.5) is 0 Å². The summed E-state index contributed by atoms with van der Waals surface area (Å²) in [5.41, 5.74) is 4.31. The first-order valence-electron chi connectivity index (χ1n) is 7.11. The fourth-order valence-electron chi connectivity index (χ4n) is 3.10. The molecule has 1 saturated carbocycles. The molecule has 0 aliphatic heterocycles. The van der Waals surface area contributed by atoms with E-state index < -0.39 is 0 Å². The van der Waals surface area contributed by atoms with Gasteiger partial charge in [-0.2, -0.15) is 0 Å². The van der Waals surface area contributed by atoms with Gasteiger partial charge in [-0.15, -0.1) is 0 Å². The van der Waals surface area contributed by atoms with E-state index in [9.17, 15) is 0 Å². The van der Waals surface area contributed by atoms with Gasteiger partial charge in [-0.1, -0.05) is 19.3 Å². The Balaban J connectivity index is 1.94. The summed E-state index contributed by atoms with van der Waals surface area (Å²) in [6, 6.07) is 3.10. The maximum Gasteiger partial charge on any atom is 0.0225 e. The number of aromatic nitrogens is 1. The Hall–Kier alpha value is -0.760. The third-order valence-electron chi connectivity index (χ3n) is 4.18. The van der Waals surface area contributed by atoms with Crippen molar-refractivity contribution >= 4 is 0 Å². The van der Waals surface area contributed by atoms with Crippen LogP contribution in [0.15, 0.2) is 6.07 Å². The molecule has 0 unspecified atom stereocenters. The van der Waals surface area contributed by atoms with Gasteiger partial charge < -0.3 is 9.88 Å². The Morgan fingerprint density at radius 2 is 1.94 bits per heavy atom. The lowest BCUT2D eigenvalue weighted by molar-refractivity contribution is 0.372. The van der Waals surface area contributed by atoms with Crippen LogP contribution in [-0.4, -0.2) is 10.6 Å². The van der Waals surface area contributed by atoms with Crippen molar-refractivity contribution < 1.29 is 0 Å². The minimum Gasteiger partial charge on any atom is -0.349 e. The number of nitrogens with zero attached hydrogens (tertiary/aromatic N) is 1. The predicted molar refractivity (Wildman–Crippen MR) is 73.3 cm³/mol. The first kappa shape index (κ1) is 12.7. The van der Waals surface area contributed by atoms with Crippen molar-refractivity contribution in [2.75, 3.05) is 0 Å². The van der Waals surface area contributed by atoms with Gasteiger partial charge in [-0.25, -0.2) is 0 Å². The van der Waals surface area contributed by atoms with Gasteiger partial charge >= 0.3 is 0 Å². The average Bonchev–Trinajstić information content (AvgIpc) is 2.63. The van der Waals surface area contributed by atoms with E-state index in [1.807, 2.05) is 0 Å². The zero-order valence-corrected chi connectivity index (χ0v) is 11.6. The van der Waals surface area contributed by atoms with Crippen molar-refractivity contribution in [1.29, 1.82) is 0 Å². The Bertz CT molecular complexity index is 359. The lowest BCUT2D eigenvalue weighted by Crippen LogP contribution is -2.30. The minimum absolute atomic E-state index is 0.758. The van der Waals surface area contributed by atoms with Crippen molar-refractivity contribution in [3.05, 3.63) is 23.0 Å². The Morgan fingerprint density at radius 1 is 1.24 bits per heavy atom. The second-order valence-corrected chi connectivity index (χ2v) is 5.36. The molecule has 0 amide bonds. The molecule has 0 radical (unpaired) electrons. The molecule has 2 nitrogen and oxygen atoms in total. The third-order valence-corrected chi connectivity index (χ3v) is 4.18. The van der Waals surface area contributed by atoms with Crippen molar-refractivity contribution in [3.63, 3.8) is 0 Å². The van der Waals surface area contributed by atoms with E-state index in [0.29, 0.717) is 0 Å². The Morgan fingerprint density at radius 3 is 2.53 bits per heavy atom. The number of hydrogen-bond acceptors (Lipinski definition) is 1. The Kier molecular flexibility index (Phi) is 4.27. The second kappa shape index (κ2) is 5.72. The van der Waals surface area contributed by atoms with Crippen LogP contribution in [0, 0.1) is 13.8 Å². The molecule has 1 heterocycles. The highest BCUT2D eigenvalue weighted by Crippen LogP contribution is 2.19. The Labute approximate surface area is 105 Å². The fraction of sp³-hybridized carbons (Fsp3) is 0.733. The highest BCUT2D eigenvalue weighted by atomic mass is 15.0. The quantitative estimate of drug-likeness (QED) is 0.843. The molecule has 1 aromatic rings. The molecule has 0 bridgehead atoms. The SMILES string of the molecule is CCn1c(C)cc(CNC2CCCCC2)c1C. The van der Waals surface area contributed by atoms with Crippen molar-refractivity contribution in [2.45, 2.75) is 72.0 Å². The van der Waals surface area contributed by atoms with Gasteiger partial charge in [0.25, 0.3) is 0 Å². The van der Waals surface area contributed by atoms with Crippen LogP contribution in [0.3, 0.4) is 0 Å². The summed E-state index contributed by atoms with van der Waals surface area (Å²) in [6.45, 7) is 8.80. The molecule has 0 atom stereocenters. The molecule has 0 saturated heterocycles. The molecule has 1 N–H and O–H groups in total. The summed E-state index contributed by atoms with van der Waals surface area (Å²) in [7, 11) is 0. The minimum atomic E-state index is 0.758. The number of aryl methyl sites for hydroxylation is 1. The van der Waals surface area contributed by atoms with E-state index in [1.165, 1.54) is 49.1 Å². The molecule has 2 heteroatoms. The lowest BCUT2D eigenvalue weighted by atomic mass is 9.95. The highest BCUT2D eigenvalue weighted by Gasteiger charge is 2.14. The zero-order chi connectivity index (χ0) is 12.3. The smallest absolute Gasteiger partial charge is 0.0225 e. The van der Waals surface area contributed by atoms with Crippen LogP contribution in [-0.2, 0) is 13.1 Å². The van der Waals surface area contributed by atoms with E-state index in [2.05, 4.69) is 36.7 Å². The summed E-state index contributed by atoms with van der Waals surface area (Å²) < 4.78 is 2.40. The van der Waals surface area contributed by atoms with Crippen LogP contribution in [0.5, 0.6) is 0 Å². The van der Waals surface area contributed by atoms with Crippen molar-refractivity contribution in [2.24, 2.45) is 0 Å². The molecule has 1 aromatic heterocycles. The molecular formula is C15H26N2. The summed E-state index contributed by atoms with van der Waals surface area (Å²) in [6.07, 6.45) is 6.98. The lowest BCUT2D eigenvalue weighted by Gasteiger charge is -2.22. The second-order valence-electron chi connectivity index (χ2n) is 5.36. The van der Waals surface area contributed by atoms with Gasteiger partial charge in [0.05, 0.1) is 0 Å². The molecule has 17 heavy (non-hydrogen) atoms. The molecule has 2 rings (SSSR count). The zero-order valence-electron chi connectivity index (χ0n) is 11.6. The van der Waals surface area contributed by atoms with Crippen molar-refractivity contribution in [1.82, 2.24) is 9.88 Å². The summed E-state index contributed by atoms with van der Waals surface area (Å²) in [5, 5.41) is 3.73. The summed E-state index contributed by atoms with van der Waals surface area (Å²) in [4.78, 5) is 0. The van der Waals surface area contributed by atoms with Crippen molar-refractivity contribution in [3.8, 4) is 0 Å². The van der Waals surface area contributed by atoms with Crippen LogP contribution in [0.25, 0.3) is 0 Å². The van der Waals surface area contributed by atoms with Gasteiger partial charge in [0.15, 0.2) is 0 Å². The first-order chi connectivity index (χ1) is 8.22. The van der Waals surface area contributed by atoms with Crippen LogP contribution in [0.1, 0.15) is 56.0 Å². The number of hydrogen-bond donors (Lipinski definition) is 1. The van der Waals surface area contributed by atoms with Gasteiger partial charge in [0.2, 0.25) is 0 Å². The molecular weight excluding hydrogens is 208 g/mol. The average molecular weight is 234 g/mol. The maximum atomic E-state index is 3.73. The molecule has 0 spiro atoms. The first-order valence-corrected chi connectivity index (χ1v) is 7.11. The molecule has 1 fully saturated rings. The molecule has 1 aliphatic rings. The van der Waals surface area contributed by atoms with E-state index in [1.54, 1.807) is 0 Å². The van der Waals surface area contributed by atoms with Gasteiger partial charge in [0, 0.05) is 30.5 Å². The van der Waals surface area contributed by atoms with E-state index in [4.69, 9.17) is 0 Å². The van der Waals surface area contributed by atoms with Crippen LogP contribution < -0.4 is 5.32 Å². The van der Waals surface area contributed by atoms with E-state index in [-0.39, 0.29) is 0 Å². The van der Waals surface area contributed by atoms with E-state index >= 15 is 0 Å². The number of rotatable bonds is 4. The summed E-state index contributed by atoms with van der Waals surface area (Å²) >= 11 is 0. The number of nitrogens with one attached hydrogen (secondary N) is 1. The summed E-state index contributed by atoms with van der Waals surface area (Å²) in [5.74, 6) is 0. The van der Waals surface area contributed by atoms with Gasteiger partial charge in [-0.3, -0.25) is 0 Å². The molecule has 1 aliphatic carbocycles. The monoisotopic (exact) mass is 234 g/mol. The van der Waals surface area contributed by atoms with Gasteiger partial charge in [0.1, 0.15) is 0 Å².